The Balaban J connectivity index is 1.58. The number of ether oxygens (including phenoxy) is 2. The Bertz CT molecular complexity index is 1060. The first-order valence-corrected chi connectivity index (χ1v) is 10.1. The van der Waals surface area contributed by atoms with Gasteiger partial charge in [0, 0.05) is 12.8 Å². The number of piperidine rings is 1. The highest BCUT2D eigenvalue weighted by Crippen LogP contribution is 2.45. The second-order valence-electron chi connectivity index (χ2n) is 7.55. The van der Waals surface area contributed by atoms with E-state index in [4.69, 9.17) is 25.9 Å². The van der Waals surface area contributed by atoms with Gasteiger partial charge >= 0.3 is 0 Å². The normalized spacial score (nSPS) is 17.3. The first kappa shape index (κ1) is 18.3. The molecule has 2 aliphatic rings. The molecule has 3 heterocycles. The molecule has 1 aromatic heterocycles. The number of nitrogens with one attached hydrogen (secondary N) is 1. The molecular formula is C21H22ClN4O3+. The molecule has 0 spiro atoms. The van der Waals surface area contributed by atoms with Gasteiger partial charge in [0.1, 0.15) is 38.0 Å². The molecule has 0 aliphatic carbocycles. The minimum atomic E-state index is 0.166. The maximum absolute atomic E-state index is 6.49. The third-order valence-corrected chi connectivity index (χ3v) is 5.75. The fraction of sp³-hybridized carbons (Fsp3) is 0.333. The van der Waals surface area contributed by atoms with E-state index in [9.17, 15) is 0 Å². The highest BCUT2D eigenvalue weighted by atomic mass is 35.5. The van der Waals surface area contributed by atoms with E-state index >= 15 is 0 Å². The van der Waals surface area contributed by atoms with Gasteiger partial charge in [0.05, 0.1) is 15.9 Å². The van der Waals surface area contributed by atoms with E-state index in [1.54, 1.807) is 12.1 Å². The van der Waals surface area contributed by atoms with Gasteiger partial charge in [-0.1, -0.05) is 17.7 Å². The zero-order valence-corrected chi connectivity index (χ0v) is 16.9. The molecule has 3 aromatic rings. The van der Waals surface area contributed by atoms with Crippen molar-refractivity contribution in [3.05, 3.63) is 41.7 Å². The highest BCUT2D eigenvalue weighted by Gasteiger charge is 2.29. The van der Waals surface area contributed by atoms with Crippen LogP contribution in [-0.2, 0) is 0 Å². The summed E-state index contributed by atoms with van der Waals surface area (Å²) in [5.74, 6) is 2.59. The lowest BCUT2D eigenvalue weighted by Gasteiger charge is -2.35. The van der Waals surface area contributed by atoms with Crippen LogP contribution in [0, 0.1) is 0 Å². The first-order valence-electron chi connectivity index (χ1n) is 9.76. The Labute approximate surface area is 173 Å². The Morgan fingerprint density at radius 2 is 1.93 bits per heavy atom. The van der Waals surface area contributed by atoms with Crippen LogP contribution in [-0.4, -0.2) is 41.5 Å². The maximum atomic E-state index is 6.49. The van der Waals surface area contributed by atoms with Crippen molar-refractivity contribution < 1.29 is 19.0 Å². The van der Waals surface area contributed by atoms with Crippen molar-refractivity contribution >= 4 is 34.0 Å². The third-order valence-electron chi connectivity index (χ3n) is 5.44. The number of quaternary nitrogens is 1. The SMILES string of the molecule is C[N+]1(Oc2cccc3ncnc(Nc4c(Cl)ccc5c4OCO5)c23)CCCCC1. The van der Waals surface area contributed by atoms with Crippen LogP contribution in [0.5, 0.6) is 17.2 Å². The Kier molecular flexibility index (Phi) is 4.56. The quantitative estimate of drug-likeness (QED) is 0.626. The van der Waals surface area contributed by atoms with E-state index in [0.29, 0.717) is 32.7 Å². The molecule has 1 fully saturated rings. The first-order chi connectivity index (χ1) is 14.1. The molecule has 0 atom stereocenters. The summed E-state index contributed by atoms with van der Waals surface area (Å²) in [7, 11) is 2.13. The van der Waals surface area contributed by atoms with E-state index in [-0.39, 0.29) is 6.79 Å². The number of rotatable bonds is 4. The Morgan fingerprint density at radius 3 is 2.79 bits per heavy atom. The molecule has 0 bridgehead atoms. The zero-order valence-electron chi connectivity index (χ0n) is 16.2. The lowest BCUT2D eigenvalue weighted by molar-refractivity contribution is -1.07. The largest absolute Gasteiger partial charge is 0.454 e. The number of halogens is 1. The van der Waals surface area contributed by atoms with E-state index in [2.05, 4.69) is 22.3 Å². The second-order valence-corrected chi connectivity index (χ2v) is 7.96. The van der Waals surface area contributed by atoms with Gasteiger partial charge in [-0.15, -0.1) is 4.65 Å². The van der Waals surface area contributed by atoms with Gasteiger partial charge in [0.15, 0.2) is 11.5 Å². The van der Waals surface area contributed by atoms with Crippen LogP contribution >= 0.6 is 11.6 Å². The number of anilines is 2. The molecule has 150 valence electrons. The average Bonchev–Trinajstić information content (AvgIpc) is 3.20. The number of hydrogen-bond acceptors (Lipinski definition) is 6. The Hall–Kier alpha value is -2.77. The van der Waals surface area contributed by atoms with Crippen molar-refractivity contribution in [2.24, 2.45) is 0 Å². The summed E-state index contributed by atoms with van der Waals surface area (Å²) in [4.78, 5) is 15.4. The van der Waals surface area contributed by atoms with Gasteiger partial charge in [-0.25, -0.2) is 9.97 Å². The van der Waals surface area contributed by atoms with Crippen LogP contribution in [0.15, 0.2) is 36.7 Å². The van der Waals surface area contributed by atoms with Crippen LogP contribution in [0.25, 0.3) is 10.9 Å². The summed E-state index contributed by atoms with van der Waals surface area (Å²) in [6, 6.07) is 9.43. The number of fused-ring (bicyclic) bond motifs is 2. The van der Waals surface area contributed by atoms with Crippen LogP contribution in [0.1, 0.15) is 19.3 Å². The number of aromatic nitrogens is 2. The molecule has 2 aliphatic heterocycles. The molecule has 0 radical (unpaired) electrons. The number of benzene rings is 2. The molecule has 0 unspecified atom stereocenters. The van der Waals surface area contributed by atoms with Crippen molar-refractivity contribution in [1.29, 1.82) is 0 Å². The third kappa shape index (κ3) is 3.41. The predicted molar refractivity (Wildman–Crippen MR) is 111 cm³/mol. The molecule has 1 N–H and O–H groups in total. The van der Waals surface area contributed by atoms with E-state index in [1.165, 1.54) is 12.7 Å². The Morgan fingerprint density at radius 1 is 1.07 bits per heavy atom. The highest BCUT2D eigenvalue weighted by molar-refractivity contribution is 6.34. The number of hydroxylamine groups is 3. The molecule has 0 amide bonds. The van der Waals surface area contributed by atoms with Crippen molar-refractivity contribution in [2.45, 2.75) is 19.3 Å². The van der Waals surface area contributed by atoms with Crippen LogP contribution in [0.3, 0.4) is 0 Å². The van der Waals surface area contributed by atoms with Gasteiger partial charge in [-0.3, -0.25) is 0 Å². The number of hydrogen-bond donors (Lipinski definition) is 1. The topological polar surface area (TPSA) is 65.5 Å². The zero-order chi connectivity index (χ0) is 19.8. The molecule has 5 rings (SSSR count). The van der Waals surface area contributed by atoms with E-state index < -0.39 is 0 Å². The van der Waals surface area contributed by atoms with Crippen molar-refractivity contribution in [2.75, 3.05) is 32.2 Å². The van der Waals surface area contributed by atoms with E-state index in [0.717, 1.165) is 42.6 Å². The van der Waals surface area contributed by atoms with Gasteiger partial charge in [-0.05, 0) is 30.7 Å². The van der Waals surface area contributed by atoms with Gasteiger partial charge in [0.25, 0.3) is 0 Å². The van der Waals surface area contributed by atoms with E-state index in [1.807, 2.05) is 18.2 Å². The lowest BCUT2D eigenvalue weighted by atomic mass is 10.1. The summed E-state index contributed by atoms with van der Waals surface area (Å²) >= 11 is 6.45. The second kappa shape index (κ2) is 7.24. The van der Waals surface area contributed by atoms with Crippen molar-refractivity contribution in [3.63, 3.8) is 0 Å². The number of likely N-dealkylation sites (tertiary alicyclic amines) is 1. The molecule has 29 heavy (non-hydrogen) atoms. The molecule has 2 aromatic carbocycles. The molecule has 7 nitrogen and oxygen atoms in total. The van der Waals surface area contributed by atoms with Crippen LogP contribution in [0.4, 0.5) is 11.5 Å². The molecule has 1 saturated heterocycles. The van der Waals surface area contributed by atoms with Gasteiger partial charge < -0.3 is 19.6 Å². The maximum Gasteiger partial charge on any atom is 0.231 e. The van der Waals surface area contributed by atoms with Crippen molar-refractivity contribution in [3.8, 4) is 17.2 Å². The van der Waals surface area contributed by atoms with Crippen molar-refractivity contribution in [1.82, 2.24) is 9.97 Å². The van der Waals surface area contributed by atoms with Crippen LogP contribution < -0.4 is 19.6 Å². The fourth-order valence-electron chi connectivity index (χ4n) is 3.94. The average molecular weight is 414 g/mol. The number of nitrogens with zero attached hydrogens (tertiary/aromatic N) is 3. The molecule has 8 heteroatoms. The standard InChI is InChI=1S/C21H22ClN4O3/c1-26(10-3-2-4-11-26)29-16-7-5-6-15-18(16)21(24-12-23-15)25-19-14(22)8-9-17-20(19)28-13-27-17/h5-9,12H,2-4,10-11,13H2,1H3,(H,23,24,25)/q+1. The summed E-state index contributed by atoms with van der Waals surface area (Å²) in [6.45, 7) is 2.13. The minimum absolute atomic E-state index is 0.166. The predicted octanol–water partition coefficient (Wildman–Crippen LogP) is 4.68. The fourth-order valence-corrected chi connectivity index (χ4v) is 4.14. The van der Waals surface area contributed by atoms with Gasteiger partial charge in [-0.2, -0.15) is 0 Å². The summed E-state index contributed by atoms with van der Waals surface area (Å²) < 4.78 is 11.6. The monoisotopic (exact) mass is 413 g/mol. The summed E-state index contributed by atoms with van der Waals surface area (Å²) in [6.07, 6.45) is 5.10. The minimum Gasteiger partial charge on any atom is -0.454 e. The smallest absolute Gasteiger partial charge is 0.231 e. The molecule has 0 saturated carbocycles. The summed E-state index contributed by atoms with van der Waals surface area (Å²) in [5.41, 5.74) is 1.42. The van der Waals surface area contributed by atoms with Crippen LogP contribution in [0.2, 0.25) is 5.02 Å². The lowest BCUT2D eigenvalue weighted by Crippen LogP contribution is -2.50. The summed E-state index contributed by atoms with van der Waals surface area (Å²) in [5, 5.41) is 4.67. The van der Waals surface area contributed by atoms with Gasteiger partial charge in [0.2, 0.25) is 12.5 Å². The molecular weight excluding hydrogens is 392 g/mol.